The third-order valence-corrected chi connectivity index (χ3v) is 4.84. The summed E-state index contributed by atoms with van der Waals surface area (Å²) in [4.78, 5) is 5.61. The maximum Gasteiger partial charge on any atom is 0.0928 e. The summed E-state index contributed by atoms with van der Waals surface area (Å²) < 4.78 is 0. The normalized spacial score (nSPS) is 18.7. The second-order valence-corrected chi connectivity index (χ2v) is 6.61. The van der Waals surface area contributed by atoms with Gasteiger partial charge in [-0.25, -0.2) is 0 Å². The fraction of sp³-hybridized carbons (Fsp3) is 0.933. The lowest BCUT2D eigenvalue weighted by Gasteiger charge is -2.43. The Morgan fingerprint density at radius 1 is 1.05 bits per heavy atom. The summed E-state index contributed by atoms with van der Waals surface area (Å²) in [5.74, 6) is 0. The summed E-state index contributed by atoms with van der Waals surface area (Å²) in [6.07, 6.45) is 6.83. The third kappa shape index (κ3) is 5.36. The van der Waals surface area contributed by atoms with Crippen LogP contribution in [0.25, 0.3) is 0 Å². The highest BCUT2D eigenvalue weighted by Crippen LogP contribution is 2.17. The number of piperazine rings is 1. The fourth-order valence-electron chi connectivity index (χ4n) is 2.63. The average molecular weight is 286 g/mol. The number of unbranched alkanes of at least 4 members (excludes halogenated alkanes) is 4. The van der Waals surface area contributed by atoms with Crippen LogP contribution in [0.5, 0.6) is 0 Å². The van der Waals surface area contributed by atoms with E-state index < -0.39 is 0 Å². The Morgan fingerprint density at radius 3 is 2.16 bits per heavy atom. The molecule has 0 amide bonds. The molecule has 2 N–H and O–H groups in total. The van der Waals surface area contributed by atoms with Crippen molar-refractivity contribution in [3.63, 3.8) is 0 Å². The van der Waals surface area contributed by atoms with Crippen LogP contribution in [-0.2, 0) is 0 Å². The van der Waals surface area contributed by atoms with Crippen LogP contribution in [-0.4, -0.2) is 53.1 Å². The molecule has 0 aromatic carbocycles. The van der Waals surface area contributed by atoms with Crippen LogP contribution in [0.1, 0.15) is 52.9 Å². The lowest BCUT2D eigenvalue weighted by Crippen LogP contribution is -2.59. The van der Waals surface area contributed by atoms with Crippen LogP contribution in [0, 0.1) is 0 Å². The minimum absolute atomic E-state index is 0.136. The van der Waals surface area contributed by atoms with Crippen LogP contribution in [0.2, 0.25) is 0 Å². The summed E-state index contributed by atoms with van der Waals surface area (Å²) in [5, 5.41) is 0. The highest BCUT2D eigenvalue weighted by atomic mass is 32.1. The zero-order valence-electron chi connectivity index (χ0n) is 13.0. The van der Waals surface area contributed by atoms with Crippen LogP contribution >= 0.6 is 12.2 Å². The molecule has 0 spiro atoms. The molecule has 3 nitrogen and oxygen atoms in total. The van der Waals surface area contributed by atoms with Crippen LogP contribution in [0.4, 0.5) is 0 Å². The number of thiocarbonyl (C=S) groups is 1. The van der Waals surface area contributed by atoms with Crippen molar-refractivity contribution in [1.29, 1.82) is 0 Å². The van der Waals surface area contributed by atoms with Gasteiger partial charge in [0.15, 0.2) is 0 Å². The Hall–Kier alpha value is -0.190. The molecule has 0 aromatic rings. The van der Waals surface area contributed by atoms with Gasteiger partial charge in [-0.05, 0) is 26.8 Å². The molecule has 0 radical (unpaired) electrons. The molecule has 0 bridgehead atoms. The predicted octanol–water partition coefficient (Wildman–Crippen LogP) is 2.64. The van der Waals surface area contributed by atoms with Gasteiger partial charge in [-0.1, -0.05) is 44.8 Å². The van der Waals surface area contributed by atoms with E-state index in [0.29, 0.717) is 4.99 Å². The van der Waals surface area contributed by atoms with E-state index in [9.17, 15) is 0 Å². The van der Waals surface area contributed by atoms with Crippen molar-refractivity contribution in [3.8, 4) is 0 Å². The zero-order chi connectivity index (χ0) is 14.3. The molecule has 1 aliphatic rings. The Kier molecular flexibility index (Phi) is 7.26. The second-order valence-electron chi connectivity index (χ2n) is 6.17. The number of nitrogens with two attached hydrogens (primary N) is 1. The van der Waals surface area contributed by atoms with Crippen molar-refractivity contribution in [3.05, 3.63) is 0 Å². The first-order chi connectivity index (χ1) is 8.98. The van der Waals surface area contributed by atoms with Gasteiger partial charge in [0.25, 0.3) is 0 Å². The molecule has 0 atom stereocenters. The van der Waals surface area contributed by atoms with Gasteiger partial charge in [-0.2, -0.15) is 0 Å². The van der Waals surface area contributed by atoms with E-state index >= 15 is 0 Å². The highest BCUT2D eigenvalue weighted by Gasteiger charge is 2.31. The standard InChI is InChI=1S/C15H31N3S/c1-4-5-6-7-8-9-17-10-12-18(13-11-17)15(2,3)14(16)19/h4-13H2,1-3H3,(H2,16,19). The molecule has 1 aliphatic heterocycles. The summed E-state index contributed by atoms with van der Waals surface area (Å²) in [5.41, 5.74) is 5.70. The monoisotopic (exact) mass is 285 g/mol. The maximum atomic E-state index is 5.84. The van der Waals surface area contributed by atoms with E-state index in [0.717, 1.165) is 26.2 Å². The molecule has 0 saturated carbocycles. The molecule has 0 aliphatic carbocycles. The zero-order valence-corrected chi connectivity index (χ0v) is 13.8. The van der Waals surface area contributed by atoms with E-state index in [1.165, 1.54) is 38.6 Å². The minimum atomic E-state index is -0.136. The van der Waals surface area contributed by atoms with E-state index in [2.05, 4.69) is 30.6 Å². The Bertz CT molecular complexity index is 271. The van der Waals surface area contributed by atoms with Crippen molar-refractivity contribution in [2.24, 2.45) is 5.73 Å². The van der Waals surface area contributed by atoms with Crippen molar-refractivity contribution in [2.45, 2.75) is 58.4 Å². The van der Waals surface area contributed by atoms with Gasteiger partial charge in [0.2, 0.25) is 0 Å². The van der Waals surface area contributed by atoms with Gasteiger partial charge in [0, 0.05) is 26.2 Å². The molecule has 112 valence electrons. The van der Waals surface area contributed by atoms with Gasteiger partial charge < -0.3 is 10.6 Å². The smallest absolute Gasteiger partial charge is 0.0928 e. The van der Waals surface area contributed by atoms with E-state index in [4.69, 9.17) is 18.0 Å². The second kappa shape index (κ2) is 8.18. The SMILES string of the molecule is CCCCCCCN1CCN(C(C)(C)C(N)=S)CC1. The topological polar surface area (TPSA) is 32.5 Å². The largest absolute Gasteiger partial charge is 0.392 e. The van der Waals surface area contributed by atoms with E-state index in [1.807, 2.05) is 0 Å². The van der Waals surface area contributed by atoms with Gasteiger partial charge in [-0.15, -0.1) is 0 Å². The molecule has 0 aromatic heterocycles. The summed E-state index contributed by atoms with van der Waals surface area (Å²) >= 11 is 5.17. The Labute approximate surface area is 124 Å². The lowest BCUT2D eigenvalue weighted by molar-refractivity contribution is 0.0850. The molecule has 1 heterocycles. The van der Waals surface area contributed by atoms with Gasteiger partial charge in [0.05, 0.1) is 10.5 Å². The Balaban J connectivity index is 2.20. The molecule has 1 rings (SSSR count). The number of hydrogen-bond donors (Lipinski definition) is 1. The molecule has 1 saturated heterocycles. The fourth-order valence-corrected chi connectivity index (χ4v) is 2.75. The highest BCUT2D eigenvalue weighted by molar-refractivity contribution is 7.80. The molecule has 1 fully saturated rings. The summed E-state index contributed by atoms with van der Waals surface area (Å²) in [6.45, 7) is 12.3. The van der Waals surface area contributed by atoms with Crippen molar-refractivity contribution < 1.29 is 0 Å². The van der Waals surface area contributed by atoms with Crippen LogP contribution < -0.4 is 5.73 Å². The summed E-state index contributed by atoms with van der Waals surface area (Å²) in [7, 11) is 0. The predicted molar refractivity (Wildman–Crippen MR) is 87.6 cm³/mol. The minimum Gasteiger partial charge on any atom is -0.392 e. The van der Waals surface area contributed by atoms with Gasteiger partial charge in [-0.3, -0.25) is 4.90 Å². The van der Waals surface area contributed by atoms with Gasteiger partial charge >= 0.3 is 0 Å². The maximum absolute atomic E-state index is 5.84. The quantitative estimate of drug-likeness (QED) is 0.549. The number of nitrogens with zero attached hydrogens (tertiary/aromatic N) is 2. The first-order valence-electron chi connectivity index (χ1n) is 7.75. The molecule has 19 heavy (non-hydrogen) atoms. The average Bonchev–Trinajstić information content (AvgIpc) is 2.39. The van der Waals surface area contributed by atoms with Crippen molar-refractivity contribution >= 4 is 17.2 Å². The van der Waals surface area contributed by atoms with Gasteiger partial charge in [0.1, 0.15) is 0 Å². The number of hydrogen-bond acceptors (Lipinski definition) is 3. The summed E-state index contributed by atoms with van der Waals surface area (Å²) in [6, 6.07) is 0. The Morgan fingerprint density at radius 2 is 1.63 bits per heavy atom. The molecular weight excluding hydrogens is 254 g/mol. The first kappa shape index (κ1) is 16.9. The lowest BCUT2D eigenvalue weighted by atomic mass is 10.0. The van der Waals surface area contributed by atoms with E-state index in [-0.39, 0.29) is 5.54 Å². The van der Waals surface area contributed by atoms with Crippen LogP contribution in [0.15, 0.2) is 0 Å². The molecule has 4 heteroatoms. The third-order valence-electron chi connectivity index (χ3n) is 4.34. The molecular formula is C15H31N3S. The van der Waals surface area contributed by atoms with Crippen LogP contribution in [0.3, 0.4) is 0 Å². The molecule has 0 unspecified atom stereocenters. The van der Waals surface area contributed by atoms with Crippen molar-refractivity contribution in [1.82, 2.24) is 9.80 Å². The van der Waals surface area contributed by atoms with Crippen molar-refractivity contribution in [2.75, 3.05) is 32.7 Å². The first-order valence-corrected chi connectivity index (χ1v) is 8.16. The van der Waals surface area contributed by atoms with E-state index in [1.54, 1.807) is 0 Å². The number of rotatable bonds is 8.